The third-order valence-corrected chi connectivity index (χ3v) is 6.74. The summed E-state index contributed by atoms with van der Waals surface area (Å²) in [5, 5.41) is 0. The zero-order valence-corrected chi connectivity index (χ0v) is 15.5. The Balaban J connectivity index is 1.89. The highest BCUT2D eigenvalue weighted by atomic mass is 32.2. The summed E-state index contributed by atoms with van der Waals surface area (Å²) in [5.74, 6) is 1.14. The van der Waals surface area contributed by atoms with Gasteiger partial charge in [0.1, 0.15) is 17.4 Å². The Kier molecular flexibility index (Phi) is 4.86. The van der Waals surface area contributed by atoms with Crippen LogP contribution in [-0.2, 0) is 24.6 Å². The van der Waals surface area contributed by atoms with Gasteiger partial charge in [-0.05, 0) is 61.8 Å². The quantitative estimate of drug-likeness (QED) is 0.358. The first-order valence-electron chi connectivity index (χ1n) is 8.64. The molecule has 1 aromatic rings. The number of hydrogen-bond acceptors (Lipinski definition) is 3. The highest BCUT2D eigenvalue weighted by Crippen LogP contribution is 2.37. The summed E-state index contributed by atoms with van der Waals surface area (Å²) in [6.07, 6.45) is 3.99. The average Bonchev–Trinajstić information content (AvgIpc) is 2.76. The topological polar surface area (TPSA) is 51.2 Å². The van der Waals surface area contributed by atoms with E-state index < -0.39 is 16.7 Å². The SMILES string of the molecule is Cc1cc(C)c(C2C(=O)C/C(=C\C3CC[SH+](=O)CC3)C2=O)c(C)c1. The smallest absolute Gasteiger partial charge is 0.173 e. The molecule has 1 saturated heterocycles. The van der Waals surface area contributed by atoms with Gasteiger partial charge in [0, 0.05) is 6.42 Å². The zero-order chi connectivity index (χ0) is 17.4. The van der Waals surface area contributed by atoms with E-state index in [-0.39, 0.29) is 18.0 Å². The van der Waals surface area contributed by atoms with Gasteiger partial charge >= 0.3 is 0 Å². The highest BCUT2D eigenvalue weighted by molar-refractivity contribution is 7.84. The number of rotatable bonds is 2. The van der Waals surface area contributed by atoms with Crippen LogP contribution >= 0.6 is 0 Å². The van der Waals surface area contributed by atoms with Crippen molar-refractivity contribution in [2.24, 2.45) is 5.92 Å². The number of thiol groups is 1. The van der Waals surface area contributed by atoms with Crippen LogP contribution in [-0.4, -0.2) is 23.1 Å². The lowest BCUT2D eigenvalue weighted by molar-refractivity contribution is -0.123. The van der Waals surface area contributed by atoms with Crippen LogP contribution in [0.2, 0.25) is 0 Å². The number of hydrogen-bond donors (Lipinski definition) is 0. The molecule has 2 aliphatic rings. The molecule has 1 saturated carbocycles. The molecule has 1 unspecified atom stereocenters. The van der Waals surface area contributed by atoms with E-state index in [0.717, 1.165) is 46.6 Å². The molecule has 3 nitrogen and oxygen atoms in total. The van der Waals surface area contributed by atoms with Gasteiger partial charge in [-0.1, -0.05) is 23.8 Å². The second-order valence-electron chi connectivity index (χ2n) is 7.21. The van der Waals surface area contributed by atoms with Crippen molar-refractivity contribution in [2.45, 2.75) is 46.0 Å². The van der Waals surface area contributed by atoms with E-state index in [4.69, 9.17) is 0 Å². The lowest BCUT2D eigenvalue weighted by Gasteiger charge is -2.16. The van der Waals surface area contributed by atoms with Gasteiger partial charge < -0.3 is 0 Å². The van der Waals surface area contributed by atoms with Crippen molar-refractivity contribution < 1.29 is 13.8 Å². The van der Waals surface area contributed by atoms with E-state index in [1.54, 1.807) is 0 Å². The maximum absolute atomic E-state index is 12.9. The minimum Gasteiger partial charge on any atom is -0.298 e. The lowest BCUT2D eigenvalue weighted by atomic mass is 9.87. The summed E-state index contributed by atoms with van der Waals surface area (Å²) in [6.45, 7) is 5.99. The van der Waals surface area contributed by atoms with Gasteiger partial charge in [0.15, 0.2) is 11.6 Å². The Labute approximate surface area is 146 Å². The molecule has 0 aromatic heterocycles. The minimum absolute atomic E-state index is 0.0168. The van der Waals surface area contributed by atoms with Crippen molar-refractivity contribution in [1.29, 1.82) is 0 Å². The van der Waals surface area contributed by atoms with Crippen molar-refractivity contribution in [1.82, 2.24) is 0 Å². The van der Waals surface area contributed by atoms with Gasteiger partial charge in [0.2, 0.25) is 0 Å². The van der Waals surface area contributed by atoms with Gasteiger partial charge in [-0.3, -0.25) is 9.59 Å². The van der Waals surface area contributed by atoms with Crippen molar-refractivity contribution in [3.63, 3.8) is 0 Å². The van der Waals surface area contributed by atoms with Gasteiger partial charge in [-0.2, -0.15) is 0 Å². The van der Waals surface area contributed by atoms with Gasteiger partial charge in [-0.25, -0.2) is 0 Å². The van der Waals surface area contributed by atoms with Gasteiger partial charge in [0.05, 0.1) is 10.8 Å². The molecule has 3 rings (SSSR count). The monoisotopic (exact) mass is 345 g/mol. The van der Waals surface area contributed by atoms with Crippen LogP contribution in [0.1, 0.15) is 47.4 Å². The van der Waals surface area contributed by atoms with E-state index in [2.05, 4.69) is 0 Å². The number of Topliss-reactive ketones (excluding diaryl/α,β-unsaturated/α-hetero) is 2. The number of carbonyl (C=O) groups is 2. The Morgan fingerprint density at radius 3 is 2.21 bits per heavy atom. The Hall–Kier alpha value is -1.55. The summed E-state index contributed by atoms with van der Waals surface area (Å²) in [5.41, 5.74) is 4.76. The normalized spacial score (nSPS) is 29.5. The number of aryl methyl sites for hydroxylation is 3. The van der Waals surface area contributed by atoms with Gasteiger partial charge in [-0.15, -0.1) is 4.21 Å². The Bertz CT molecular complexity index is 727. The summed E-state index contributed by atoms with van der Waals surface area (Å²) in [7, 11) is -1.04. The summed E-state index contributed by atoms with van der Waals surface area (Å²) < 4.78 is 11.5. The number of benzene rings is 1. The van der Waals surface area contributed by atoms with Crippen LogP contribution in [0.3, 0.4) is 0 Å². The molecule has 1 heterocycles. The molecule has 0 radical (unpaired) electrons. The first-order valence-corrected chi connectivity index (χ1v) is 10.3. The molecular weight excluding hydrogens is 320 g/mol. The molecule has 1 aromatic carbocycles. The predicted octanol–water partition coefficient (Wildman–Crippen LogP) is 3.27. The molecule has 1 aliphatic heterocycles. The highest BCUT2D eigenvalue weighted by Gasteiger charge is 2.40. The maximum atomic E-state index is 12.9. The van der Waals surface area contributed by atoms with E-state index >= 15 is 0 Å². The third-order valence-electron chi connectivity index (χ3n) is 5.23. The molecule has 2 fully saturated rings. The molecule has 1 atom stereocenters. The molecule has 4 heteroatoms. The minimum atomic E-state index is -1.04. The summed E-state index contributed by atoms with van der Waals surface area (Å²) in [4.78, 5) is 25.5. The Morgan fingerprint density at radius 1 is 1.04 bits per heavy atom. The molecule has 0 N–H and O–H groups in total. The van der Waals surface area contributed by atoms with Crippen LogP contribution < -0.4 is 0 Å². The fraction of sp³-hybridized carbons (Fsp3) is 0.500. The summed E-state index contributed by atoms with van der Waals surface area (Å²) in [6, 6.07) is 4.09. The van der Waals surface area contributed by atoms with Crippen LogP contribution in [0, 0.1) is 26.7 Å². The van der Waals surface area contributed by atoms with E-state index in [0.29, 0.717) is 11.5 Å². The van der Waals surface area contributed by atoms with Crippen molar-refractivity contribution in [3.05, 3.63) is 46.0 Å². The van der Waals surface area contributed by atoms with Gasteiger partial charge in [0.25, 0.3) is 0 Å². The number of ketones is 2. The first-order chi connectivity index (χ1) is 11.4. The molecule has 0 bridgehead atoms. The average molecular weight is 345 g/mol. The fourth-order valence-electron chi connectivity index (χ4n) is 4.12. The van der Waals surface area contributed by atoms with Crippen LogP contribution in [0.25, 0.3) is 0 Å². The van der Waals surface area contributed by atoms with Crippen molar-refractivity contribution in [3.8, 4) is 0 Å². The van der Waals surface area contributed by atoms with Crippen molar-refractivity contribution >= 4 is 22.4 Å². The second kappa shape index (κ2) is 6.75. The molecule has 128 valence electrons. The van der Waals surface area contributed by atoms with E-state index in [1.807, 2.05) is 39.0 Å². The first kappa shape index (κ1) is 17.3. The van der Waals surface area contributed by atoms with Crippen LogP contribution in [0.15, 0.2) is 23.8 Å². The van der Waals surface area contributed by atoms with Crippen LogP contribution in [0.4, 0.5) is 0 Å². The van der Waals surface area contributed by atoms with Crippen LogP contribution in [0.5, 0.6) is 0 Å². The molecular formula is C20H25O3S+. The molecule has 0 amide bonds. The van der Waals surface area contributed by atoms with E-state index in [9.17, 15) is 13.8 Å². The fourth-order valence-corrected chi connectivity index (χ4v) is 5.58. The molecule has 1 aliphatic carbocycles. The molecule has 0 spiro atoms. The molecule has 24 heavy (non-hydrogen) atoms. The standard InChI is InChI=1S/C20H24O3S/c1-12-8-13(2)18(14(3)9-12)19-17(21)11-16(20(19)22)10-15-4-6-24(23)7-5-15/h8-10,15,19H,4-7,11H2,1-3H3/p+1/b16-10+. The zero-order valence-electron chi connectivity index (χ0n) is 14.6. The Morgan fingerprint density at radius 2 is 1.62 bits per heavy atom. The predicted molar refractivity (Wildman–Crippen MR) is 98.0 cm³/mol. The number of carbonyl (C=O) groups excluding carboxylic acids is 2. The largest absolute Gasteiger partial charge is 0.298 e. The van der Waals surface area contributed by atoms with Crippen molar-refractivity contribution in [2.75, 3.05) is 11.5 Å². The number of allylic oxidation sites excluding steroid dienone is 2. The van der Waals surface area contributed by atoms with E-state index in [1.165, 1.54) is 0 Å². The lowest BCUT2D eigenvalue weighted by Crippen LogP contribution is -2.18. The second-order valence-corrected chi connectivity index (χ2v) is 9.07. The third kappa shape index (κ3) is 3.30. The maximum Gasteiger partial charge on any atom is 0.173 e. The summed E-state index contributed by atoms with van der Waals surface area (Å²) >= 11 is 0.